The summed E-state index contributed by atoms with van der Waals surface area (Å²) in [5, 5.41) is 5.58. The van der Waals surface area contributed by atoms with Crippen LogP contribution in [0.25, 0.3) is 11.1 Å². The number of aromatic nitrogens is 1. The summed E-state index contributed by atoms with van der Waals surface area (Å²) < 4.78 is 31.7. The average molecular weight is 847 g/mol. The Hall–Kier alpha value is -4.56. The SMILES string of the molecule is [CH2]CCN(C(=O)CSCCC(=O)NCCNC(=O)C(CC[Si](C)(C)C)N1C(=O)C=CC1=O)[C@@H](c1cc(-c2cc(F)ccc2F)cn1Cc1ccccc1)C1CCCCC1. The molecule has 1 aliphatic carbocycles. The van der Waals surface area contributed by atoms with E-state index < -0.39 is 43.5 Å². The number of hydrogen-bond donors (Lipinski definition) is 2. The lowest BCUT2D eigenvalue weighted by molar-refractivity contribution is -0.145. The first kappa shape index (κ1) is 45.5. The van der Waals surface area contributed by atoms with Crippen LogP contribution in [-0.4, -0.2) is 89.2 Å². The number of nitrogens with one attached hydrogen (secondary N) is 2. The Balaban J connectivity index is 1.21. The maximum absolute atomic E-state index is 15.2. The van der Waals surface area contributed by atoms with E-state index in [2.05, 4.69) is 41.8 Å². The first-order chi connectivity index (χ1) is 28.3. The number of amides is 5. The molecule has 0 saturated heterocycles. The van der Waals surface area contributed by atoms with E-state index in [1.54, 1.807) is 0 Å². The van der Waals surface area contributed by atoms with Crippen LogP contribution in [0.15, 0.2) is 72.9 Å². The molecule has 2 heterocycles. The van der Waals surface area contributed by atoms with Crippen molar-refractivity contribution in [2.45, 2.75) is 95.7 Å². The molecule has 0 spiro atoms. The van der Waals surface area contributed by atoms with Gasteiger partial charge in [0.05, 0.1) is 11.8 Å². The minimum Gasteiger partial charge on any atom is -0.354 e. The highest BCUT2D eigenvalue weighted by molar-refractivity contribution is 7.99. The van der Waals surface area contributed by atoms with E-state index in [1.165, 1.54) is 30.0 Å². The Bertz CT molecular complexity index is 1940. The van der Waals surface area contributed by atoms with Crippen LogP contribution >= 0.6 is 11.8 Å². The van der Waals surface area contributed by atoms with E-state index in [0.717, 1.165) is 66.4 Å². The molecule has 1 fully saturated rings. The second kappa shape index (κ2) is 21.6. The third-order valence-electron chi connectivity index (χ3n) is 10.9. The van der Waals surface area contributed by atoms with Crippen LogP contribution in [0.2, 0.25) is 25.7 Å². The van der Waals surface area contributed by atoms with Crippen LogP contribution in [0, 0.1) is 24.5 Å². The molecule has 1 aromatic heterocycles. The fourth-order valence-corrected chi connectivity index (χ4v) is 9.88. The number of thioether (sulfide) groups is 1. The first-order valence-electron chi connectivity index (χ1n) is 20.7. The van der Waals surface area contributed by atoms with E-state index >= 15 is 4.39 Å². The Morgan fingerprint density at radius 2 is 1.64 bits per heavy atom. The molecule has 2 aromatic carbocycles. The molecule has 5 amide bonds. The molecule has 2 aliphatic rings. The van der Waals surface area contributed by atoms with Gasteiger partial charge in [-0.3, -0.25) is 28.9 Å². The standard InChI is InChI=1S/C45H58F2N5O5SSi/c1-5-24-51(43(56)31-58-25-20-40(53)48-22-23-49-45(57)38(21-26-59(2,3)4)52-41(54)18-19-42(52)55)44(33-14-10-7-11-15-33)39-27-34(36-28-35(46)16-17-37(36)47)30-50(39)29-32-12-8-6-9-13-32/h6,8-9,12-13,16-19,27-28,30,33,38,44H,1,5,7,10-11,14-15,20-26,29,31H2,2-4H3,(H,48,53)(H,49,57)/t38?,44-/m1/s1. The number of nitrogens with zero attached hydrogens (tertiary/aromatic N) is 3. The fraction of sp³-hybridized carbons (Fsp3) is 0.467. The zero-order valence-electron chi connectivity index (χ0n) is 34.5. The van der Waals surface area contributed by atoms with Gasteiger partial charge in [-0.05, 0) is 61.4 Å². The normalized spacial score (nSPS) is 15.7. The van der Waals surface area contributed by atoms with Crippen molar-refractivity contribution in [3.05, 3.63) is 103 Å². The molecule has 5 rings (SSSR count). The number of benzene rings is 2. The Kier molecular flexibility index (Phi) is 16.7. The quantitative estimate of drug-likeness (QED) is 0.0650. The molecule has 1 radical (unpaired) electrons. The number of imide groups is 1. The molecule has 14 heteroatoms. The summed E-state index contributed by atoms with van der Waals surface area (Å²) in [6.07, 6.45) is 10.3. The number of carbonyl (C=O) groups is 5. The molecule has 1 saturated carbocycles. The molecule has 2 atom stereocenters. The van der Waals surface area contributed by atoms with Gasteiger partial charge in [0.25, 0.3) is 11.8 Å². The van der Waals surface area contributed by atoms with Gasteiger partial charge in [-0.1, -0.05) is 82.2 Å². The lowest BCUT2D eigenvalue weighted by Gasteiger charge is -2.39. The van der Waals surface area contributed by atoms with Crippen molar-refractivity contribution in [1.82, 2.24) is 25.0 Å². The second-order valence-electron chi connectivity index (χ2n) is 16.6. The molecular formula is C45H58F2N5O5SSi. The largest absolute Gasteiger partial charge is 0.354 e. The van der Waals surface area contributed by atoms with Gasteiger partial charge in [0.15, 0.2) is 0 Å². The van der Waals surface area contributed by atoms with Crippen LogP contribution in [-0.2, 0) is 30.5 Å². The van der Waals surface area contributed by atoms with Gasteiger partial charge >= 0.3 is 0 Å². The van der Waals surface area contributed by atoms with Crippen LogP contribution in [0.5, 0.6) is 0 Å². The highest BCUT2D eigenvalue weighted by Crippen LogP contribution is 2.41. The van der Waals surface area contributed by atoms with Crippen molar-refractivity contribution in [3.8, 4) is 11.1 Å². The van der Waals surface area contributed by atoms with E-state index in [9.17, 15) is 28.4 Å². The van der Waals surface area contributed by atoms with Gasteiger partial charge in [0.2, 0.25) is 17.7 Å². The van der Waals surface area contributed by atoms with Crippen LogP contribution in [0.1, 0.15) is 68.7 Å². The smallest absolute Gasteiger partial charge is 0.254 e. The van der Waals surface area contributed by atoms with Crippen molar-refractivity contribution >= 4 is 49.4 Å². The molecule has 2 N–H and O–H groups in total. The molecule has 59 heavy (non-hydrogen) atoms. The maximum atomic E-state index is 15.2. The van der Waals surface area contributed by atoms with Gasteiger partial charge in [0.1, 0.15) is 17.7 Å². The minimum atomic E-state index is -1.57. The van der Waals surface area contributed by atoms with Gasteiger partial charge in [-0.15, -0.1) is 0 Å². The Morgan fingerprint density at radius 1 is 0.949 bits per heavy atom. The molecule has 3 aromatic rings. The number of carbonyl (C=O) groups excluding carboxylic acids is 5. The Labute approximate surface area is 352 Å². The predicted molar refractivity (Wildman–Crippen MR) is 232 cm³/mol. The fourth-order valence-electron chi connectivity index (χ4n) is 7.92. The zero-order chi connectivity index (χ0) is 42.5. The lowest BCUT2D eigenvalue weighted by atomic mass is 9.81. The Morgan fingerprint density at radius 3 is 2.32 bits per heavy atom. The van der Waals surface area contributed by atoms with Crippen molar-refractivity contribution in [3.63, 3.8) is 0 Å². The molecule has 1 aliphatic heterocycles. The summed E-state index contributed by atoms with van der Waals surface area (Å²) in [5.74, 6) is -2.07. The summed E-state index contributed by atoms with van der Waals surface area (Å²) in [6.45, 7) is 11.8. The summed E-state index contributed by atoms with van der Waals surface area (Å²) >= 11 is 1.37. The van der Waals surface area contributed by atoms with Crippen LogP contribution < -0.4 is 10.6 Å². The summed E-state index contributed by atoms with van der Waals surface area (Å²) in [6, 6.07) is 14.8. The van der Waals surface area contributed by atoms with E-state index in [0.29, 0.717) is 37.2 Å². The second-order valence-corrected chi connectivity index (χ2v) is 23.3. The number of rotatable bonds is 21. The van der Waals surface area contributed by atoms with E-state index in [1.807, 2.05) is 47.5 Å². The molecule has 317 valence electrons. The van der Waals surface area contributed by atoms with Crippen molar-refractivity contribution in [2.75, 3.05) is 31.1 Å². The lowest BCUT2D eigenvalue weighted by Crippen LogP contribution is -2.51. The highest BCUT2D eigenvalue weighted by Gasteiger charge is 2.37. The third kappa shape index (κ3) is 13.0. The third-order valence-corrected chi connectivity index (χ3v) is 13.6. The highest BCUT2D eigenvalue weighted by atomic mass is 32.2. The van der Waals surface area contributed by atoms with Crippen LogP contribution in [0.4, 0.5) is 8.78 Å². The summed E-state index contributed by atoms with van der Waals surface area (Å²) in [5.41, 5.74) is 2.63. The van der Waals surface area contributed by atoms with Gasteiger partial charge in [-0.2, -0.15) is 11.8 Å². The zero-order valence-corrected chi connectivity index (χ0v) is 36.3. The predicted octanol–water partition coefficient (Wildman–Crippen LogP) is 7.53. The van der Waals surface area contributed by atoms with Crippen molar-refractivity contribution < 1.29 is 32.8 Å². The summed E-state index contributed by atoms with van der Waals surface area (Å²) in [4.78, 5) is 67.8. The minimum absolute atomic E-state index is 0.0721. The molecular weight excluding hydrogens is 789 g/mol. The van der Waals surface area contributed by atoms with E-state index in [-0.39, 0.29) is 54.6 Å². The number of halogens is 2. The van der Waals surface area contributed by atoms with Gasteiger partial charge < -0.3 is 20.1 Å². The van der Waals surface area contributed by atoms with Crippen molar-refractivity contribution in [1.29, 1.82) is 0 Å². The maximum Gasteiger partial charge on any atom is 0.254 e. The van der Waals surface area contributed by atoms with E-state index in [4.69, 9.17) is 0 Å². The monoisotopic (exact) mass is 846 g/mol. The average Bonchev–Trinajstić information content (AvgIpc) is 3.77. The topological polar surface area (TPSA) is 121 Å². The number of hydrogen-bond acceptors (Lipinski definition) is 6. The summed E-state index contributed by atoms with van der Waals surface area (Å²) in [7, 11) is -1.57. The molecule has 0 bridgehead atoms. The van der Waals surface area contributed by atoms with Crippen molar-refractivity contribution in [2.24, 2.45) is 5.92 Å². The van der Waals surface area contributed by atoms with Gasteiger partial charge in [0, 0.05) is 81.6 Å². The molecule has 10 nitrogen and oxygen atoms in total. The van der Waals surface area contributed by atoms with Crippen LogP contribution in [0.3, 0.4) is 0 Å². The molecule has 1 unspecified atom stereocenters. The first-order valence-corrected chi connectivity index (χ1v) is 25.6. The van der Waals surface area contributed by atoms with Gasteiger partial charge in [-0.25, -0.2) is 8.78 Å².